The zero-order chi connectivity index (χ0) is 11.7. The van der Waals surface area contributed by atoms with Crippen molar-refractivity contribution in [3.63, 3.8) is 0 Å². The number of unbranched alkanes of at least 4 members (excludes halogenated alkanes) is 1. The number of amides is 1. The van der Waals surface area contributed by atoms with E-state index < -0.39 is 5.97 Å². The smallest absolute Gasteiger partial charge is 0.303 e. The van der Waals surface area contributed by atoms with Crippen molar-refractivity contribution in [2.45, 2.75) is 46.0 Å². The molecular weight excluding hydrogens is 194 g/mol. The van der Waals surface area contributed by atoms with E-state index in [9.17, 15) is 9.59 Å². The van der Waals surface area contributed by atoms with E-state index in [2.05, 4.69) is 5.32 Å². The van der Waals surface area contributed by atoms with E-state index in [0.29, 0.717) is 13.0 Å². The van der Waals surface area contributed by atoms with Crippen molar-refractivity contribution in [2.24, 2.45) is 5.92 Å². The first-order valence-electron chi connectivity index (χ1n) is 5.61. The van der Waals surface area contributed by atoms with Crippen LogP contribution in [-0.2, 0) is 9.59 Å². The Morgan fingerprint density at radius 3 is 2.27 bits per heavy atom. The number of hydrogen-bond acceptors (Lipinski definition) is 2. The van der Waals surface area contributed by atoms with Crippen LogP contribution in [0.1, 0.15) is 46.0 Å². The third-order valence-electron chi connectivity index (χ3n) is 2.47. The van der Waals surface area contributed by atoms with Gasteiger partial charge in [-0.1, -0.05) is 13.8 Å². The molecule has 0 aliphatic carbocycles. The Bertz CT molecular complexity index is 200. The Morgan fingerprint density at radius 2 is 1.80 bits per heavy atom. The maximum absolute atomic E-state index is 11.5. The number of carboxylic acid groups (broad SMARTS) is 1. The van der Waals surface area contributed by atoms with E-state index in [-0.39, 0.29) is 18.2 Å². The van der Waals surface area contributed by atoms with Crippen LogP contribution in [0.5, 0.6) is 0 Å². The first-order chi connectivity index (χ1) is 7.11. The summed E-state index contributed by atoms with van der Waals surface area (Å²) in [6.45, 7) is 4.58. The summed E-state index contributed by atoms with van der Waals surface area (Å²) in [5.74, 6) is -0.582. The molecule has 88 valence electrons. The normalized spacial score (nSPS) is 10.3. The fourth-order valence-corrected chi connectivity index (χ4v) is 1.42. The van der Waals surface area contributed by atoms with Crippen LogP contribution in [0.15, 0.2) is 0 Å². The van der Waals surface area contributed by atoms with Gasteiger partial charge in [0.2, 0.25) is 5.91 Å². The highest BCUT2D eigenvalue weighted by atomic mass is 16.4. The molecule has 0 unspecified atom stereocenters. The van der Waals surface area contributed by atoms with Crippen LogP contribution in [0.25, 0.3) is 0 Å². The molecule has 0 radical (unpaired) electrons. The summed E-state index contributed by atoms with van der Waals surface area (Å²) in [5.41, 5.74) is 0. The lowest BCUT2D eigenvalue weighted by atomic mass is 10.0. The van der Waals surface area contributed by atoms with E-state index in [0.717, 1.165) is 19.3 Å². The first kappa shape index (κ1) is 13.9. The van der Waals surface area contributed by atoms with Gasteiger partial charge >= 0.3 is 5.97 Å². The maximum Gasteiger partial charge on any atom is 0.303 e. The summed E-state index contributed by atoms with van der Waals surface area (Å²) in [6, 6.07) is 0. The fourth-order valence-electron chi connectivity index (χ4n) is 1.42. The average molecular weight is 215 g/mol. The highest BCUT2D eigenvalue weighted by Crippen LogP contribution is 2.06. The molecule has 4 nitrogen and oxygen atoms in total. The zero-order valence-corrected chi connectivity index (χ0v) is 9.58. The highest BCUT2D eigenvalue weighted by Gasteiger charge is 2.12. The lowest BCUT2D eigenvalue weighted by Crippen LogP contribution is -2.30. The second kappa shape index (κ2) is 8.26. The van der Waals surface area contributed by atoms with Gasteiger partial charge in [0.15, 0.2) is 0 Å². The second-order valence-corrected chi connectivity index (χ2v) is 3.66. The molecule has 4 heteroatoms. The minimum Gasteiger partial charge on any atom is -0.481 e. The highest BCUT2D eigenvalue weighted by molar-refractivity contribution is 5.78. The molecule has 0 saturated carbocycles. The van der Waals surface area contributed by atoms with Crippen LogP contribution in [0, 0.1) is 5.92 Å². The molecule has 0 aromatic rings. The van der Waals surface area contributed by atoms with Crippen molar-refractivity contribution >= 4 is 11.9 Å². The van der Waals surface area contributed by atoms with Crippen molar-refractivity contribution < 1.29 is 14.7 Å². The number of aliphatic carboxylic acids is 1. The minimum absolute atomic E-state index is 0.0929. The third kappa shape index (κ3) is 6.94. The van der Waals surface area contributed by atoms with E-state index in [1.54, 1.807) is 0 Å². The summed E-state index contributed by atoms with van der Waals surface area (Å²) in [7, 11) is 0. The van der Waals surface area contributed by atoms with Gasteiger partial charge in [0.1, 0.15) is 0 Å². The van der Waals surface area contributed by atoms with Crippen LogP contribution in [0.3, 0.4) is 0 Å². The first-order valence-corrected chi connectivity index (χ1v) is 5.61. The van der Waals surface area contributed by atoms with Gasteiger partial charge < -0.3 is 10.4 Å². The van der Waals surface area contributed by atoms with Crippen LogP contribution < -0.4 is 5.32 Å². The number of hydrogen-bond donors (Lipinski definition) is 2. The maximum atomic E-state index is 11.5. The molecule has 0 rings (SSSR count). The predicted octanol–water partition coefficient (Wildman–Crippen LogP) is 1.79. The Morgan fingerprint density at radius 1 is 1.20 bits per heavy atom. The van der Waals surface area contributed by atoms with E-state index in [4.69, 9.17) is 5.11 Å². The monoisotopic (exact) mass is 215 g/mol. The van der Waals surface area contributed by atoms with Gasteiger partial charge in [0.25, 0.3) is 0 Å². The summed E-state index contributed by atoms with van der Waals surface area (Å²) < 4.78 is 0. The van der Waals surface area contributed by atoms with Crippen molar-refractivity contribution in [1.82, 2.24) is 5.32 Å². The number of nitrogens with one attached hydrogen (secondary N) is 1. The van der Waals surface area contributed by atoms with Crippen molar-refractivity contribution in [1.29, 1.82) is 0 Å². The Hall–Kier alpha value is -1.06. The van der Waals surface area contributed by atoms with Gasteiger partial charge in [-0.15, -0.1) is 0 Å². The molecule has 0 fully saturated rings. The molecule has 0 aliphatic heterocycles. The van der Waals surface area contributed by atoms with Gasteiger partial charge in [-0.3, -0.25) is 9.59 Å². The fraction of sp³-hybridized carbons (Fsp3) is 0.818. The molecule has 0 aliphatic rings. The lowest BCUT2D eigenvalue weighted by Gasteiger charge is -2.12. The second-order valence-electron chi connectivity index (χ2n) is 3.66. The minimum atomic E-state index is -0.777. The van der Waals surface area contributed by atoms with Crippen LogP contribution >= 0.6 is 0 Å². The van der Waals surface area contributed by atoms with Gasteiger partial charge in [-0.05, 0) is 25.7 Å². The Kier molecular flexibility index (Phi) is 7.68. The molecule has 15 heavy (non-hydrogen) atoms. The Balaban J connectivity index is 3.50. The number of carbonyl (C=O) groups excluding carboxylic acids is 1. The summed E-state index contributed by atoms with van der Waals surface area (Å²) in [6.07, 6.45) is 3.26. The molecule has 1 amide bonds. The topological polar surface area (TPSA) is 66.4 Å². The summed E-state index contributed by atoms with van der Waals surface area (Å²) >= 11 is 0. The van der Waals surface area contributed by atoms with Gasteiger partial charge in [-0.25, -0.2) is 0 Å². The predicted molar refractivity (Wildman–Crippen MR) is 58.6 cm³/mol. The van der Waals surface area contributed by atoms with Gasteiger partial charge in [0, 0.05) is 18.9 Å². The SMILES string of the molecule is CCC(CC)C(=O)NCCCCC(=O)O. The number of carboxylic acids is 1. The molecule has 0 saturated heterocycles. The Labute approximate surface area is 91.1 Å². The van der Waals surface area contributed by atoms with Crippen molar-refractivity contribution in [3.8, 4) is 0 Å². The number of carbonyl (C=O) groups is 2. The zero-order valence-electron chi connectivity index (χ0n) is 9.58. The molecule has 0 heterocycles. The van der Waals surface area contributed by atoms with Gasteiger partial charge in [-0.2, -0.15) is 0 Å². The quantitative estimate of drug-likeness (QED) is 0.607. The van der Waals surface area contributed by atoms with Crippen molar-refractivity contribution in [3.05, 3.63) is 0 Å². The molecule has 0 bridgehead atoms. The van der Waals surface area contributed by atoms with Crippen molar-refractivity contribution in [2.75, 3.05) is 6.54 Å². The molecule has 2 N–H and O–H groups in total. The number of rotatable bonds is 8. The molecular formula is C11H21NO3. The molecule has 0 atom stereocenters. The summed E-state index contributed by atoms with van der Waals surface area (Å²) in [5, 5.41) is 11.2. The van der Waals surface area contributed by atoms with E-state index >= 15 is 0 Å². The van der Waals surface area contributed by atoms with Crippen LogP contribution in [-0.4, -0.2) is 23.5 Å². The summed E-state index contributed by atoms with van der Waals surface area (Å²) in [4.78, 5) is 21.7. The van der Waals surface area contributed by atoms with Crippen LogP contribution in [0.4, 0.5) is 0 Å². The largest absolute Gasteiger partial charge is 0.481 e. The van der Waals surface area contributed by atoms with Gasteiger partial charge in [0.05, 0.1) is 0 Å². The van der Waals surface area contributed by atoms with E-state index in [1.165, 1.54) is 0 Å². The third-order valence-corrected chi connectivity index (χ3v) is 2.47. The van der Waals surface area contributed by atoms with Crippen LogP contribution in [0.2, 0.25) is 0 Å². The molecule has 0 aromatic carbocycles. The molecule has 0 aromatic heterocycles. The van der Waals surface area contributed by atoms with E-state index in [1.807, 2.05) is 13.8 Å². The average Bonchev–Trinajstić information content (AvgIpc) is 2.18. The standard InChI is InChI=1S/C11H21NO3/c1-3-9(4-2)11(15)12-8-6-5-7-10(13)14/h9H,3-8H2,1-2H3,(H,12,15)(H,13,14). The molecule has 0 spiro atoms. The lowest BCUT2D eigenvalue weighted by molar-refractivity contribution is -0.137.